The van der Waals surface area contributed by atoms with E-state index in [1.165, 1.54) is 4.90 Å². The maximum atomic E-state index is 14.0. The Labute approximate surface area is 238 Å². The molecule has 0 bridgehead atoms. The van der Waals surface area contributed by atoms with Gasteiger partial charge in [0, 0.05) is 29.0 Å². The van der Waals surface area contributed by atoms with E-state index >= 15 is 0 Å². The molecule has 10 heteroatoms. The molecular formula is C28H31BrClN3O4S. The maximum Gasteiger partial charge on any atom is 0.244 e. The average Bonchev–Trinajstić information content (AvgIpc) is 2.86. The van der Waals surface area contributed by atoms with Gasteiger partial charge in [-0.3, -0.25) is 13.9 Å². The predicted molar refractivity (Wildman–Crippen MR) is 156 cm³/mol. The van der Waals surface area contributed by atoms with Crippen LogP contribution in [-0.2, 0) is 32.6 Å². The van der Waals surface area contributed by atoms with Crippen molar-refractivity contribution in [3.8, 4) is 0 Å². The summed E-state index contributed by atoms with van der Waals surface area (Å²) in [7, 11) is -3.82. The van der Waals surface area contributed by atoms with Crippen molar-refractivity contribution in [1.29, 1.82) is 0 Å². The molecule has 0 saturated heterocycles. The number of rotatable bonds is 11. The summed E-state index contributed by atoms with van der Waals surface area (Å²) in [5.41, 5.74) is 2.78. The number of anilines is 1. The normalized spacial score (nSPS) is 12.0. The lowest BCUT2D eigenvalue weighted by Gasteiger charge is -2.33. The molecule has 3 aromatic carbocycles. The van der Waals surface area contributed by atoms with Gasteiger partial charge in [-0.15, -0.1) is 0 Å². The minimum atomic E-state index is -3.82. The molecule has 0 aromatic heterocycles. The van der Waals surface area contributed by atoms with Crippen LogP contribution in [0.3, 0.4) is 0 Å². The lowest BCUT2D eigenvalue weighted by molar-refractivity contribution is -0.140. The summed E-state index contributed by atoms with van der Waals surface area (Å²) in [6.07, 6.45) is 1.32. The zero-order chi connectivity index (χ0) is 27.9. The number of sulfonamides is 1. The van der Waals surface area contributed by atoms with E-state index in [0.717, 1.165) is 31.7 Å². The van der Waals surface area contributed by atoms with Crippen LogP contribution in [0, 0.1) is 6.92 Å². The molecular weight excluding hydrogens is 590 g/mol. The summed E-state index contributed by atoms with van der Waals surface area (Å²) in [6, 6.07) is 20.6. The third-order valence-electron chi connectivity index (χ3n) is 5.97. The highest BCUT2D eigenvalue weighted by molar-refractivity contribution is 9.10. The van der Waals surface area contributed by atoms with Crippen molar-refractivity contribution in [3.05, 3.63) is 99.0 Å². The second kappa shape index (κ2) is 13.3. The molecule has 3 rings (SSSR count). The number of likely N-dealkylation sites (N-methyl/N-ethyl adjacent to an activating group) is 1. The van der Waals surface area contributed by atoms with E-state index < -0.39 is 28.5 Å². The van der Waals surface area contributed by atoms with Crippen molar-refractivity contribution in [2.45, 2.75) is 32.9 Å². The van der Waals surface area contributed by atoms with Gasteiger partial charge in [-0.2, -0.15) is 0 Å². The van der Waals surface area contributed by atoms with Gasteiger partial charge in [0.15, 0.2) is 0 Å². The molecule has 2 amide bonds. The summed E-state index contributed by atoms with van der Waals surface area (Å²) < 4.78 is 27.6. The molecule has 0 spiro atoms. The molecule has 1 atom stereocenters. The summed E-state index contributed by atoms with van der Waals surface area (Å²) in [5, 5.41) is 3.33. The van der Waals surface area contributed by atoms with E-state index in [1.807, 2.05) is 50.2 Å². The van der Waals surface area contributed by atoms with Crippen LogP contribution in [0.2, 0.25) is 5.02 Å². The predicted octanol–water partition coefficient (Wildman–Crippen LogP) is 4.95. The van der Waals surface area contributed by atoms with Crippen molar-refractivity contribution in [2.75, 3.05) is 23.7 Å². The van der Waals surface area contributed by atoms with E-state index in [4.69, 9.17) is 11.6 Å². The number of hydrogen-bond donors (Lipinski definition) is 1. The number of aryl methyl sites for hydroxylation is 1. The molecule has 0 fully saturated rings. The van der Waals surface area contributed by atoms with E-state index in [9.17, 15) is 18.0 Å². The second-order valence-corrected chi connectivity index (χ2v) is 12.2. The Kier molecular flexibility index (Phi) is 10.4. The number of nitrogens with zero attached hydrogens (tertiary/aromatic N) is 2. The van der Waals surface area contributed by atoms with Gasteiger partial charge in [-0.1, -0.05) is 70.0 Å². The molecule has 0 radical (unpaired) electrons. The van der Waals surface area contributed by atoms with Crippen LogP contribution in [-0.4, -0.2) is 50.5 Å². The Morgan fingerprint density at radius 2 is 1.68 bits per heavy atom. The van der Waals surface area contributed by atoms with Crippen molar-refractivity contribution in [3.63, 3.8) is 0 Å². The molecule has 38 heavy (non-hydrogen) atoms. The van der Waals surface area contributed by atoms with E-state index in [0.29, 0.717) is 17.3 Å². The lowest BCUT2D eigenvalue weighted by atomic mass is 10.0. The summed E-state index contributed by atoms with van der Waals surface area (Å²) in [4.78, 5) is 28.7. The topological polar surface area (TPSA) is 86.8 Å². The number of halogens is 2. The second-order valence-electron chi connectivity index (χ2n) is 8.95. The number of nitrogens with one attached hydrogen (secondary N) is 1. The highest BCUT2D eigenvalue weighted by atomic mass is 79.9. The minimum absolute atomic E-state index is 0.0744. The van der Waals surface area contributed by atoms with Crippen molar-refractivity contribution < 1.29 is 18.0 Å². The van der Waals surface area contributed by atoms with Crippen LogP contribution >= 0.6 is 27.5 Å². The monoisotopic (exact) mass is 619 g/mol. The van der Waals surface area contributed by atoms with Crippen LogP contribution in [0.15, 0.2) is 77.3 Å². The SMILES string of the molecule is CCNC(=O)[C@H](Cc1ccccc1)N(Cc1cccc(Cl)c1)C(=O)CN(c1ccc(Br)c(C)c1)S(C)(=O)=O. The maximum absolute atomic E-state index is 14.0. The minimum Gasteiger partial charge on any atom is -0.355 e. The Morgan fingerprint density at radius 3 is 2.29 bits per heavy atom. The van der Waals surface area contributed by atoms with Crippen LogP contribution in [0.5, 0.6) is 0 Å². The summed E-state index contributed by atoms with van der Waals surface area (Å²) in [5.74, 6) is -0.833. The van der Waals surface area contributed by atoms with E-state index in [-0.39, 0.29) is 18.9 Å². The smallest absolute Gasteiger partial charge is 0.244 e. The molecule has 3 aromatic rings. The van der Waals surface area contributed by atoms with Gasteiger partial charge in [0.2, 0.25) is 21.8 Å². The molecule has 7 nitrogen and oxygen atoms in total. The van der Waals surface area contributed by atoms with Crippen molar-refractivity contribution in [1.82, 2.24) is 10.2 Å². The first-order chi connectivity index (χ1) is 18.0. The highest BCUT2D eigenvalue weighted by Crippen LogP contribution is 2.25. The molecule has 0 saturated carbocycles. The first-order valence-corrected chi connectivity index (χ1v) is 15.1. The van der Waals surface area contributed by atoms with Crippen LogP contribution in [0.4, 0.5) is 5.69 Å². The van der Waals surface area contributed by atoms with Crippen molar-refractivity contribution in [2.24, 2.45) is 0 Å². The van der Waals surface area contributed by atoms with E-state index in [2.05, 4.69) is 21.2 Å². The van der Waals surface area contributed by atoms with E-state index in [1.54, 1.807) is 36.4 Å². The Hall–Kier alpha value is -2.88. The fraction of sp³-hybridized carbons (Fsp3) is 0.286. The summed E-state index contributed by atoms with van der Waals surface area (Å²) >= 11 is 9.64. The number of amides is 2. The highest BCUT2D eigenvalue weighted by Gasteiger charge is 2.33. The van der Waals surface area contributed by atoms with Gasteiger partial charge < -0.3 is 10.2 Å². The quantitative estimate of drug-likeness (QED) is 0.329. The van der Waals surface area contributed by atoms with Gasteiger partial charge in [0.1, 0.15) is 12.6 Å². The van der Waals surface area contributed by atoms with Crippen LogP contribution in [0.1, 0.15) is 23.6 Å². The summed E-state index contributed by atoms with van der Waals surface area (Å²) in [6.45, 7) is 3.64. The molecule has 1 N–H and O–H groups in total. The van der Waals surface area contributed by atoms with Crippen molar-refractivity contribution >= 4 is 55.1 Å². The molecule has 0 unspecified atom stereocenters. The zero-order valence-electron chi connectivity index (χ0n) is 21.5. The molecule has 0 aliphatic carbocycles. The Morgan fingerprint density at radius 1 is 1.00 bits per heavy atom. The fourth-order valence-electron chi connectivity index (χ4n) is 4.08. The Bertz CT molecular complexity index is 1390. The standard InChI is InChI=1S/C28H31BrClN3O4S/c1-4-31-28(35)26(17-21-9-6-5-7-10-21)32(18-22-11-8-12-23(30)16-22)27(34)19-33(38(3,36)37)24-13-14-25(29)20(2)15-24/h5-16,26H,4,17-19H2,1-3H3,(H,31,35)/t26-/m0/s1. The van der Waals surface area contributed by atoms with Crippen LogP contribution < -0.4 is 9.62 Å². The first-order valence-electron chi connectivity index (χ1n) is 12.1. The van der Waals surface area contributed by atoms with Gasteiger partial charge in [-0.25, -0.2) is 8.42 Å². The number of benzene rings is 3. The number of hydrogen-bond acceptors (Lipinski definition) is 4. The zero-order valence-corrected chi connectivity index (χ0v) is 24.7. The Balaban J connectivity index is 2.05. The number of carbonyl (C=O) groups is 2. The average molecular weight is 621 g/mol. The van der Waals surface area contributed by atoms with Gasteiger partial charge in [0.25, 0.3) is 0 Å². The largest absolute Gasteiger partial charge is 0.355 e. The fourth-order valence-corrected chi connectivity index (χ4v) is 5.38. The molecule has 0 heterocycles. The van der Waals surface area contributed by atoms with Gasteiger partial charge in [-0.05, 0) is 60.9 Å². The third-order valence-corrected chi connectivity index (χ3v) is 8.24. The lowest BCUT2D eigenvalue weighted by Crippen LogP contribution is -2.53. The third kappa shape index (κ3) is 8.06. The molecule has 0 aliphatic rings. The van der Waals surface area contributed by atoms with Crippen LogP contribution in [0.25, 0.3) is 0 Å². The van der Waals surface area contributed by atoms with Gasteiger partial charge in [0.05, 0.1) is 11.9 Å². The first kappa shape index (κ1) is 29.7. The van der Waals surface area contributed by atoms with Gasteiger partial charge >= 0.3 is 0 Å². The molecule has 202 valence electrons. The number of carbonyl (C=O) groups excluding carboxylic acids is 2. The molecule has 0 aliphatic heterocycles.